The van der Waals surface area contributed by atoms with Crippen LogP contribution in [0, 0.1) is 11.2 Å². The number of nitrogens with one attached hydrogen (secondary N) is 1. The maximum atomic E-state index is 13.2. The van der Waals surface area contributed by atoms with Crippen molar-refractivity contribution in [2.24, 2.45) is 0 Å². The number of fused-ring (bicyclic) bond motifs is 1. The van der Waals surface area contributed by atoms with E-state index in [2.05, 4.69) is 0 Å². The molecule has 0 atom stereocenters. The molecule has 108 valence electrons. The van der Waals surface area contributed by atoms with Crippen LogP contribution in [0.1, 0.15) is 17.5 Å². The van der Waals surface area contributed by atoms with E-state index < -0.39 is 0 Å². The van der Waals surface area contributed by atoms with Gasteiger partial charge in [0.05, 0.1) is 6.61 Å². The summed E-state index contributed by atoms with van der Waals surface area (Å²) in [6.45, 7) is 2.03. The molecule has 1 N–H and O–H groups in total. The largest absolute Gasteiger partial charge is 0.494 e. The Balaban J connectivity index is 1.50. The van der Waals surface area contributed by atoms with Gasteiger partial charge in [0.2, 0.25) is 0 Å². The van der Waals surface area contributed by atoms with Gasteiger partial charge in [0.15, 0.2) is 0 Å². The molecule has 1 aliphatic rings. The maximum Gasteiger partial charge on any atom is 0.128 e. The topological polar surface area (TPSA) is 36.3 Å². The Bertz CT molecular complexity index is 642. The van der Waals surface area contributed by atoms with Crippen LogP contribution in [0.2, 0.25) is 0 Å². The maximum absolute atomic E-state index is 13.2. The predicted molar refractivity (Wildman–Crippen MR) is 80.2 cm³/mol. The highest BCUT2D eigenvalue weighted by molar-refractivity contribution is 6.00. The molecule has 0 bridgehead atoms. The first-order valence-electron chi connectivity index (χ1n) is 7.04. The SMILES string of the molecule is N=C1c2cc(F)ccc2CN1CCCOc1ccccc1. The molecule has 0 unspecified atom stereocenters. The number of benzene rings is 2. The van der Waals surface area contributed by atoms with E-state index in [1.807, 2.05) is 35.2 Å². The summed E-state index contributed by atoms with van der Waals surface area (Å²) in [5.41, 5.74) is 1.73. The molecule has 4 heteroatoms. The molecule has 0 amide bonds. The van der Waals surface area contributed by atoms with Crippen molar-refractivity contribution in [1.29, 1.82) is 5.41 Å². The molecule has 0 fully saturated rings. The zero-order chi connectivity index (χ0) is 14.7. The molecular formula is C17H17FN2O. The first kappa shape index (κ1) is 13.6. The van der Waals surface area contributed by atoms with Gasteiger partial charge in [0.25, 0.3) is 0 Å². The molecule has 3 rings (SSSR count). The van der Waals surface area contributed by atoms with Gasteiger partial charge in [-0.15, -0.1) is 0 Å². The average Bonchev–Trinajstić information content (AvgIpc) is 2.81. The quantitative estimate of drug-likeness (QED) is 0.854. The van der Waals surface area contributed by atoms with E-state index in [9.17, 15) is 4.39 Å². The van der Waals surface area contributed by atoms with Crippen LogP contribution < -0.4 is 4.74 Å². The van der Waals surface area contributed by atoms with Crippen LogP contribution in [0.15, 0.2) is 48.5 Å². The van der Waals surface area contributed by atoms with Gasteiger partial charge in [-0.05, 0) is 36.2 Å². The minimum Gasteiger partial charge on any atom is -0.494 e. The molecule has 0 aromatic heterocycles. The minimum absolute atomic E-state index is 0.284. The Labute approximate surface area is 123 Å². The molecule has 0 spiro atoms. The van der Waals surface area contributed by atoms with E-state index in [1.165, 1.54) is 12.1 Å². The number of hydrogen-bond acceptors (Lipinski definition) is 2. The lowest BCUT2D eigenvalue weighted by Gasteiger charge is -2.17. The zero-order valence-electron chi connectivity index (χ0n) is 11.7. The van der Waals surface area contributed by atoms with E-state index in [0.29, 0.717) is 24.6 Å². The monoisotopic (exact) mass is 284 g/mol. The summed E-state index contributed by atoms with van der Waals surface area (Å²) in [5, 5.41) is 8.10. The van der Waals surface area contributed by atoms with Gasteiger partial charge in [-0.1, -0.05) is 24.3 Å². The van der Waals surface area contributed by atoms with Crippen molar-refractivity contribution < 1.29 is 9.13 Å². The van der Waals surface area contributed by atoms with Gasteiger partial charge >= 0.3 is 0 Å². The fourth-order valence-electron chi connectivity index (χ4n) is 2.52. The molecule has 0 radical (unpaired) electrons. The summed E-state index contributed by atoms with van der Waals surface area (Å²) in [6.07, 6.45) is 0.827. The minimum atomic E-state index is -0.284. The normalized spacial score (nSPS) is 13.4. The van der Waals surface area contributed by atoms with E-state index in [1.54, 1.807) is 6.07 Å². The molecule has 1 heterocycles. The highest BCUT2D eigenvalue weighted by atomic mass is 19.1. The third-order valence-corrected chi connectivity index (χ3v) is 3.59. The second-order valence-corrected chi connectivity index (χ2v) is 5.09. The Kier molecular flexibility index (Phi) is 3.86. The highest BCUT2D eigenvalue weighted by Crippen LogP contribution is 2.23. The van der Waals surface area contributed by atoms with E-state index >= 15 is 0 Å². The number of amidine groups is 1. The van der Waals surface area contributed by atoms with Crippen molar-refractivity contribution in [3.05, 3.63) is 65.5 Å². The van der Waals surface area contributed by atoms with Gasteiger partial charge in [0.1, 0.15) is 17.4 Å². The van der Waals surface area contributed by atoms with Crippen LogP contribution in [-0.4, -0.2) is 23.9 Å². The molecule has 0 saturated carbocycles. The summed E-state index contributed by atoms with van der Waals surface area (Å²) >= 11 is 0. The second-order valence-electron chi connectivity index (χ2n) is 5.09. The first-order chi connectivity index (χ1) is 10.2. The van der Waals surface area contributed by atoms with Gasteiger partial charge in [-0.2, -0.15) is 0 Å². The average molecular weight is 284 g/mol. The Morgan fingerprint density at radius 1 is 1.14 bits per heavy atom. The smallest absolute Gasteiger partial charge is 0.128 e. The number of rotatable bonds is 5. The lowest BCUT2D eigenvalue weighted by molar-refractivity contribution is 0.286. The first-order valence-corrected chi connectivity index (χ1v) is 7.04. The zero-order valence-corrected chi connectivity index (χ0v) is 11.7. The van der Waals surface area contributed by atoms with E-state index in [-0.39, 0.29) is 5.82 Å². The summed E-state index contributed by atoms with van der Waals surface area (Å²) in [7, 11) is 0. The number of para-hydroxylation sites is 1. The fraction of sp³-hybridized carbons (Fsp3) is 0.235. The van der Waals surface area contributed by atoms with Crippen molar-refractivity contribution in [2.75, 3.05) is 13.2 Å². The molecule has 21 heavy (non-hydrogen) atoms. The van der Waals surface area contributed by atoms with Gasteiger partial charge in [-0.25, -0.2) is 4.39 Å². The van der Waals surface area contributed by atoms with Crippen molar-refractivity contribution in [1.82, 2.24) is 4.90 Å². The van der Waals surface area contributed by atoms with E-state index in [4.69, 9.17) is 10.1 Å². The van der Waals surface area contributed by atoms with Gasteiger partial charge < -0.3 is 9.64 Å². The predicted octanol–water partition coefficient (Wildman–Crippen LogP) is 3.44. The molecular weight excluding hydrogens is 267 g/mol. The summed E-state index contributed by atoms with van der Waals surface area (Å²) in [5.74, 6) is 0.983. The summed E-state index contributed by atoms with van der Waals surface area (Å²) in [6, 6.07) is 14.3. The molecule has 0 saturated heterocycles. The molecule has 0 aliphatic carbocycles. The van der Waals surface area contributed by atoms with Gasteiger partial charge in [-0.3, -0.25) is 5.41 Å². The third-order valence-electron chi connectivity index (χ3n) is 3.59. The molecule has 1 aliphatic heterocycles. The number of hydrogen-bond donors (Lipinski definition) is 1. The standard InChI is InChI=1S/C17H17FN2O/c18-14-8-7-13-12-20(17(19)16(13)11-14)9-4-10-21-15-5-2-1-3-6-15/h1-3,5-8,11,19H,4,9-10,12H2. The van der Waals surface area contributed by atoms with Gasteiger partial charge in [0, 0.05) is 18.7 Å². The van der Waals surface area contributed by atoms with Crippen molar-refractivity contribution in [3.63, 3.8) is 0 Å². The lowest BCUT2D eigenvalue weighted by atomic mass is 10.1. The third kappa shape index (κ3) is 3.05. The number of halogens is 1. The van der Waals surface area contributed by atoms with Crippen molar-refractivity contribution in [2.45, 2.75) is 13.0 Å². The summed E-state index contributed by atoms with van der Waals surface area (Å²) < 4.78 is 18.9. The van der Waals surface area contributed by atoms with Crippen molar-refractivity contribution in [3.8, 4) is 5.75 Å². The molecule has 2 aromatic rings. The number of ether oxygens (including phenoxy) is 1. The van der Waals surface area contributed by atoms with E-state index in [0.717, 1.165) is 24.3 Å². The Morgan fingerprint density at radius 2 is 1.95 bits per heavy atom. The van der Waals surface area contributed by atoms with Crippen LogP contribution in [0.25, 0.3) is 0 Å². The van der Waals surface area contributed by atoms with Crippen LogP contribution in [0.5, 0.6) is 5.75 Å². The Morgan fingerprint density at radius 3 is 2.76 bits per heavy atom. The van der Waals surface area contributed by atoms with Crippen LogP contribution in [-0.2, 0) is 6.54 Å². The van der Waals surface area contributed by atoms with Crippen molar-refractivity contribution >= 4 is 5.84 Å². The fourth-order valence-corrected chi connectivity index (χ4v) is 2.52. The van der Waals surface area contributed by atoms with Crippen LogP contribution >= 0.6 is 0 Å². The lowest BCUT2D eigenvalue weighted by Crippen LogP contribution is -2.26. The summed E-state index contributed by atoms with van der Waals surface area (Å²) in [4.78, 5) is 1.96. The van der Waals surface area contributed by atoms with Crippen LogP contribution in [0.4, 0.5) is 4.39 Å². The number of nitrogens with zero attached hydrogens (tertiary/aromatic N) is 1. The van der Waals surface area contributed by atoms with Crippen LogP contribution in [0.3, 0.4) is 0 Å². The second kappa shape index (κ2) is 5.95. The molecule has 2 aromatic carbocycles. The Hall–Kier alpha value is -2.36. The molecule has 3 nitrogen and oxygen atoms in total. The highest BCUT2D eigenvalue weighted by Gasteiger charge is 2.23.